The molecule has 0 amide bonds. The zero-order valence-corrected chi connectivity index (χ0v) is 19.5. The molecule has 0 aromatic carbocycles. The molecule has 0 spiro atoms. The van der Waals surface area contributed by atoms with E-state index in [9.17, 15) is 9.90 Å². The third-order valence-electron chi connectivity index (χ3n) is 4.57. The first-order valence-electron chi connectivity index (χ1n) is 9.88. The summed E-state index contributed by atoms with van der Waals surface area (Å²) in [7, 11) is 0.804. The van der Waals surface area contributed by atoms with Crippen LogP contribution in [0.2, 0.25) is 0 Å². The van der Waals surface area contributed by atoms with E-state index in [4.69, 9.17) is 14.2 Å². The van der Waals surface area contributed by atoms with Gasteiger partial charge in [-0.3, -0.25) is 4.98 Å². The molecule has 0 aliphatic carbocycles. The van der Waals surface area contributed by atoms with Gasteiger partial charge in [-0.15, -0.1) is 0 Å². The fourth-order valence-electron chi connectivity index (χ4n) is 2.86. The van der Waals surface area contributed by atoms with Crippen molar-refractivity contribution in [3.8, 4) is 23.0 Å². The van der Waals surface area contributed by atoms with Crippen molar-refractivity contribution >= 4 is 16.0 Å². The second-order valence-electron chi connectivity index (χ2n) is 7.88. The van der Waals surface area contributed by atoms with Crippen molar-refractivity contribution in [2.75, 3.05) is 38.2 Å². The van der Waals surface area contributed by atoms with Crippen LogP contribution in [0, 0.1) is 0 Å². The molecule has 0 saturated heterocycles. The van der Waals surface area contributed by atoms with Gasteiger partial charge in [-0.25, -0.2) is 24.5 Å². The number of pyridine rings is 2. The number of carboxylic acid groups (broad SMARTS) is 1. The molecule has 1 N–H and O–H groups in total. The molecule has 0 radical (unpaired) electrons. The monoisotopic (exact) mass is 460 g/mol. The van der Waals surface area contributed by atoms with Crippen LogP contribution >= 0.6 is 10.0 Å². The number of hydrogen-bond donors (Lipinski definition) is 1. The lowest BCUT2D eigenvalue weighted by Crippen LogP contribution is -2.12. The van der Waals surface area contributed by atoms with E-state index in [0.717, 1.165) is 17.0 Å². The predicted octanol–water partition coefficient (Wildman–Crippen LogP) is 3.29. The van der Waals surface area contributed by atoms with Gasteiger partial charge in [0.1, 0.15) is 18.9 Å². The number of methoxy groups -OCH3 is 1. The summed E-state index contributed by atoms with van der Waals surface area (Å²) in [6.07, 6.45) is 11.5. The lowest BCUT2D eigenvalue weighted by atomic mass is 10.1. The Bertz CT molecular complexity index is 1060. The molecule has 0 aliphatic rings. The average molecular weight is 461 g/mol. The summed E-state index contributed by atoms with van der Waals surface area (Å²) in [5.74, 6) is 0.247. The molecular weight excluding hydrogens is 432 g/mol. The molecule has 3 aromatic rings. The molecule has 0 saturated carbocycles. The van der Waals surface area contributed by atoms with Gasteiger partial charge in [0, 0.05) is 29.8 Å². The maximum absolute atomic E-state index is 11.6. The van der Waals surface area contributed by atoms with Crippen LogP contribution in [0.25, 0.3) is 11.4 Å². The molecule has 3 rings (SSSR count). The standard InChI is InChI=1S/C22H28N4O5S/c1-29-20-12-17(22(27)28)19(13-24-20)31-14-16-6-5-8-23-21(16)18-7-9-25-26(18)15-30-10-11-32(2,3)4/h5-9,12-13H,10-11,14-15H2,1-4H3,(H,27,28). The minimum Gasteiger partial charge on any atom is -0.486 e. The van der Waals surface area contributed by atoms with E-state index in [1.807, 2.05) is 12.1 Å². The molecule has 0 fully saturated rings. The Morgan fingerprint density at radius 2 is 2.00 bits per heavy atom. The van der Waals surface area contributed by atoms with Crippen molar-refractivity contribution in [1.82, 2.24) is 19.7 Å². The molecule has 0 aliphatic heterocycles. The highest BCUT2D eigenvalue weighted by atomic mass is 32.3. The molecular formula is C22H28N4O5S. The molecule has 3 aromatic heterocycles. The minimum atomic E-state index is -1.13. The summed E-state index contributed by atoms with van der Waals surface area (Å²) in [6, 6.07) is 6.87. The topological polar surface area (TPSA) is 109 Å². The van der Waals surface area contributed by atoms with Gasteiger partial charge in [-0.1, -0.05) is 6.07 Å². The van der Waals surface area contributed by atoms with E-state index < -0.39 is 16.0 Å². The quantitative estimate of drug-likeness (QED) is 0.434. The molecule has 3 heterocycles. The Morgan fingerprint density at radius 1 is 1.19 bits per heavy atom. The van der Waals surface area contributed by atoms with Crippen molar-refractivity contribution in [2.24, 2.45) is 0 Å². The Morgan fingerprint density at radius 3 is 2.72 bits per heavy atom. The van der Waals surface area contributed by atoms with Crippen molar-refractivity contribution in [3.05, 3.63) is 54.0 Å². The highest BCUT2D eigenvalue weighted by Gasteiger charge is 2.17. The fraction of sp³-hybridized carbons (Fsp3) is 0.364. The highest BCUT2D eigenvalue weighted by Crippen LogP contribution is 2.33. The van der Waals surface area contributed by atoms with Gasteiger partial charge in [0.2, 0.25) is 5.88 Å². The molecule has 10 heteroatoms. The van der Waals surface area contributed by atoms with Gasteiger partial charge in [-0.2, -0.15) is 5.10 Å². The van der Waals surface area contributed by atoms with E-state index in [1.165, 1.54) is 19.4 Å². The van der Waals surface area contributed by atoms with Crippen LogP contribution in [0.5, 0.6) is 11.6 Å². The first-order chi connectivity index (χ1) is 15.3. The SMILES string of the molecule is COc1cc(C(=O)O)c(OCc2cccnc2-c2ccnn2COCCS(C)(C)C)cn1. The molecule has 9 nitrogen and oxygen atoms in total. The van der Waals surface area contributed by atoms with Gasteiger partial charge < -0.3 is 19.3 Å². The molecule has 0 atom stereocenters. The summed E-state index contributed by atoms with van der Waals surface area (Å²) >= 11 is 0. The highest BCUT2D eigenvalue weighted by molar-refractivity contribution is 8.32. The number of carbonyl (C=O) groups is 1. The van der Waals surface area contributed by atoms with Crippen LogP contribution < -0.4 is 9.47 Å². The van der Waals surface area contributed by atoms with Crippen LogP contribution in [0.1, 0.15) is 15.9 Å². The van der Waals surface area contributed by atoms with Gasteiger partial charge in [0.25, 0.3) is 0 Å². The van der Waals surface area contributed by atoms with Gasteiger partial charge in [0.05, 0.1) is 31.3 Å². The van der Waals surface area contributed by atoms with Crippen LogP contribution in [-0.2, 0) is 18.1 Å². The van der Waals surface area contributed by atoms with E-state index in [1.54, 1.807) is 23.1 Å². The summed E-state index contributed by atoms with van der Waals surface area (Å²) in [5, 5.41) is 13.8. The lowest BCUT2D eigenvalue weighted by molar-refractivity contribution is 0.0691. The van der Waals surface area contributed by atoms with Gasteiger partial charge in [-0.05, 0) is 30.9 Å². The number of hydrogen-bond acceptors (Lipinski definition) is 7. The molecule has 0 unspecified atom stereocenters. The zero-order valence-electron chi connectivity index (χ0n) is 18.6. The van der Waals surface area contributed by atoms with E-state index in [2.05, 4.69) is 33.8 Å². The molecule has 172 valence electrons. The smallest absolute Gasteiger partial charge is 0.339 e. The Hall–Kier alpha value is -3.11. The fourth-order valence-corrected chi connectivity index (χ4v) is 3.47. The minimum absolute atomic E-state index is 0.0262. The maximum Gasteiger partial charge on any atom is 0.339 e. The Kier molecular flexibility index (Phi) is 7.70. The van der Waals surface area contributed by atoms with Gasteiger partial charge >= 0.3 is 5.97 Å². The average Bonchev–Trinajstić information content (AvgIpc) is 3.23. The zero-order chi connectivity index (χ0) is 23.1. The third-order valence-corrected chi connectivity index (χ3v) is 5.96. The van der Waals surface area contributed by atoms with Crippen LogP contribution in [0.4, 0.5) is 0 Å². The second-order valence-corrected chi connectivity index (χ2v) is 12.5. The molecule has 32 heavy (non-hydrogen) atoms. The van der Waals surface area contributed by atoms with Crippen molar-refractivity contribution in [2.45, 2.75) is 13.3 Å². The van der Waals surface area contributed by atoms with E-state index >= 15 is 0 Å². The summed E-state index contributed by atoms with van der Waals surface area (Å²) in [4.78, 5) is 20.1. The predicted molar refractivity (Wildman–Crippen MR) is 124 cm³/mol. The maximum atomic E-state index is 11.6. The number of aromatic nitrogens is 4. The number of carboxylic acids is 1. The number of ether oxygens (including phenoxy) is 3. The first-order valence-corrected chi connectivity index (χ1v) is 12.9. The van der Waals surface area contributed by atoms with E-state index in [0.29, 0.717) is 19.0 Å². The second kappa shape index (κ2) is 10.5. The van der Waals surface area contributed by atoms with Crippen LogP contribution in [0.3, 0.4) is 0 Å². The molecule has 0 bridgehead atoms. The first kappa shape index (κ1) is 23.6. The van der Waals surface area contributed by atoms with Crippen molar-refractivity contribution in [3.63, 3.8) is 0 Å². The Balaban J connectivity index is 1.76. The number of nitrogens with zero attached hydrogens (tertiary/aromatic N) is 4. The van der Waals surface area contributed by atoms with Crippen molar-refractivity contribution < 1.29 is 24.1 Å². The summed E-state index contributed by atoms with van der Waals surface area (Å²) in [5.41, 5.74) is 2.23. The van der Waals surface area contributed by atoms with Gasteiger partial charge in [0.15, 0.2) is 5.75 Å². The van der Waals surface area contributed by atoms with Crippen LogP contribution in [0.15, 0.2) is 42.9 Å². The van der Waals surface area contributed by atoms with Crippen LogP contribution in [-0.4, -0.2) is 69.1 Å². The third kappa shape index (κ3) is 6.21. The Labute approximate surface area is 188 Å². The normalized spacial score (nSPS) is 11.9. The summed E-state index contributed by atoms with van der Waals surface area (Å²) in [6.45, 7) is 1.09. The van der Waals surface area contributed by atoms with E-state index in [-0.39, 0.29) is 23.8 Å². The largest absolute Gasteiger partial charge is 0.486 e. The number of aromatic carboxylic acids is 1. The van der Waals surface area contributed by atoms with Crippen molar-refractivity contribution in [1.29, 1.82) is 0 Å². The lowest BCUT2D eigenvalue weighted by Gasteiger charge is -2.24. The number of rotatable bonds is 11. The summed E-state index contributed by atoms with van der Waals surface area (Å²) < 4.78 is 18.4.